The van der Waals surface area contributed by atoms with Crippen molar-refractivity contribution >= 4 is 28.8 Å². The van der Waals surface area contributed by atoms with E-state index in [0.717, 1.165) is 22.0 Å². The van der Waals surface area contributed by atoms with Gasteiger partial charge in [0.05, 0.1) is 0 Å². The lowest BCUT2D eigenvalue weighted by Crippen LogP contribution is -2.49. The number of benzene rings is 2. The number of nitrogens with two attached hydrogens (primary N) is 1. The van der Waals surface area contributed by atoms with Crippen molar-refractivity contribution in [2.24, 2.45) is 5.73 Å². The number of rotatable bonds is 8. The lowest BCUT2D eigenvalue weighted by molar-refractivity contribution is -0.126. The predicted molar refractivity (Wildman–Crippen MR) is 108 cm³/mol. The van der Waals surface area contributed by atoms with Crippen molar-refractivity contribution in [2.45, 2.75) is 19.1 Å². The number of fused-ring (bicyclic) bond motifs is 1. The second-order valence-electron chi connectivity index (χ2n) is 6.50. The molecule has 1 atom stereocenters. The van der Waals surface area contributed by atoms with E-state index in [0.29, 0.717) is 0 Å². The Hall–Kier alpha value is -3.81. The quantitative estimate of drug-likeness (QED) is 0.463. The molecule has 0 aliphatic heterocycles. The minimum absolute atomic E-state index is 0.0960. The number of ether oxygens (including phenoxy) is 1. The molecule has 0 radical (unpaired) electrons. The molecule has 3 amide bonds. The van der Waals surface area contributed by atoms with Gasteiger partial charge in [-0.3, -0.25) is 9.59 Å². The summed E-state index contributed by atoms with van der Waals surface area (Å²) in [6.07, 6.45) is 1.30. The van der Waals surface area contributed by atoms with Crippen molar-refractivity contribution in [2.75, 3.05) is 6.54 Å². The standard InChI is InChI=1S/C21H22N4O4/c22-20(27)18(10-15-11-23-17-9-5-4-8-16(15)17)25-19(26)12-24-21(28)29-13-14-6-2-1-3-7-14/h1-9,11,18,23H,10,12-13H2,(H2,22,27)(H,24,28)(H,25,26)/t18-/m0/s1. The largest absolute Gasteiger partial charge is 0.445 e. The minimum atomic E-state index is -0.899. The summed E-state index contributed by atoms with van der Waals surface area (Å²) in [5.74, 6) is -1.19. The highest BCUT2D eigenvalue weighted by molar-refractivity contribution is 5.90. The summed E-state index contributed by atoms with van der Waals surface area (Å²) in [7, 11) is 0. The van der Waals surface area contributed by atoms with E-state index >= 15 is 0 Å². The van der Waals surface area contributed by atoms with Crippen LogP contribution in [0.15, 0.2) is 60.8 Å². The third-order valence-corrected chi connectivity index (χ3v) is 4.38. The number of para-hydroxylation sites is 1. The molecule has 0 spiro atoms. The van der Waals surface area contributed by atoms with Gasteiger partial charge in [0.1, 0.15) is 19.2 Å². The first-order chi connectivity index (χ1) is 14.0. The molecule has 1 heterocycles. The van der Waals surface area contributed by atoms with Gasteiger partial charge in [-0.05, 0) is 17.2 Å². The van der Waals surface area contributed by atoms with Gasteiger partial charge in [-0.1, -0.05) is 48.5 Å². The van der Waals surface area contributed by atoms with E-state index in [1.807, 2.05) is 54.6 Å². The van der Waals surface area contributed by atoms with Gasteiger partial charge in [0, 0.05) is 23.5 Å². The highest BCUT2D eigenvalue weighted by atomic mass is 16.5. The molecular formula is C21H22N4O4. The zero-order valence-corrected chi connectivity index (χ0v) is 15.7. The molecule has 8 heteroatoms. The fraction of sp³-hybridized carbons (Fsp3) is 0.190. The van der Waals surface area contributed by atoms with Crippen LogP contribution in [0, 0.1) is 0 Å². The summed E-state index contributed by atoms with van der Waals surface area (Å²) < 4.78 is 5.04. The topological polar surface area (TPSA) is 126 Å². The van der Waals surface area contributed by atoms with Crippen LogP contribution < -0.4 is 16.4 Å². The summed E-state index contributed by atoms with van der Waals surface area (Å²) in [5.41, 5.74) is 8.06. The van der Waals surface area contributed by atoms with Crippen LogP contribution in [0.5, 0.6) is 0 Å². The molecule has 150 valence electrons. The molecule has 5 N–H and O–H groups in total. The highest BCUT2D eigenvalue weighted by Gasteiger charge is 2.20. The van der Waals surface area contributed by atoms with Gasteiger partial charge in [-0.25, -0.2) is 4.79 Å². The van der Waals surface area contributed by atoms with Crippen LogP contribution in [0.3, 0.4) is 0 Å². The normalized spacial score (nSPS) is 11.6. The first-order valence-electron chi connectivity index (χ1n) is 9.11. The van der Waals surface area contributed by atoms with Crippen LogP contribution in [-0.4, -0.2) is 35.5 Å². The molecule has 0 aliphatic carbocycles. The molecule has 0 fully saturated rings. The maximum absolute atomic E-state index is 12.1. The zero-order chi connectivity index (χ0) is 20.6. The van der Waals surface area contributed by atoms with Gasteiger partial charge >= 0.3 is 6.09 Å². The average Bonchev–Trinajstić information content (AvgIpc) is 3.14. The molecule has 0 unspecified atom stereocenters. The van der Waals surface area contributed by atoms with E-state index in [1.165, 1.54) is 0 Å². The number of amides is 3. The van der Waals surface area contributed by atoms with Crippen LogP contribution in [0.4, 0.5) is 4.79 Å². The van der Waals surface area contributed by atoms with Crippen LogP contribution in [0.1, 0.15) is 11.1 Å². The number of carbonyl (C=O) groups excluding carboxylic acids is 3. The Bertz CT molecular complexity index is 1000. The predicted octanol–water partition coefficient (Wildman–Crippen LogP) is 1.61. The van der Waals surface area contributed by atoms with Crippen molar-refractivity contribution in [3.8, 4) is 0 Å². The van der Waals surface area contributed by atoms with Crippen LogP contribution in [-0.2, 0) is 27.4 Å². The molecule has 8 nitrogen and oxygen atoms in total. The summed E-state index contributed by atoms with van der Waals surface area (Å²) in [6, 6.07) is 15.9. The van der Waals surface area contributed by atoms with Gasteiger partial charge in [0.2, 0.25) is 11.8 Å². The molecule has 0 saturated carbocycles. The zero-order valence-electron chi connectivity index (χ0n) is 15.7. The SMILES string of the molecule is NC(=O)[C@H](Cc1c[nH]c2ccccc12)NC(=O)CNC(=O)OCc1ccccc1. The number of aromatic nitrogens is 1. The maximum Gasteiger partial charge on any atom is 0.407 e. The first kappa shape index (κ1) is 19.9. The molecule has 3 rings (SSSR count). The molecule has 0 aliphatic rings. The second kappa shape index (κ2) is 9.41. The Labute approximate surface area is 167 Å². The van der Waals surface area contributed by atoms with E-state index in [-0.39, 0.29) is 19.6 Å². The fourth-order valence-corrected chi connectivity index (χ4v) is 2.92. The van der Waals surface area contributed by atoms with Crippen molar-refractivity contribution in [1.82, 2.24) is 15.6 Å². The lowest BCUT2D eigenvalue weighted by Gasteiger charge is -2.15. The number of hydrogen-bond donors (Lipinski definition) is 4. The fourth-order valence-electron chi connectivity index (χ4n) is 2.92. The van der Waals surface area contributed by atoms with E-state index < -0.39 is 23.9 Å². The van der Waals surface area contributed by atoms with Crippen molar-refractivity contribution < 1.29 is 19.1 Å². The van der Waals surface area contributed by atoms with Gasteiger partial charge in [-0.2, -0.15) is 0 Å². The Morgan fingerprint density at radius 1 is 1.03 bits per heavy atom. The van der Waals surface area contributed by atoms with Crippen molar-refractivity contribution in [3.05, 3.63) is 71.9 Å². The third kappa shape index (κ3) is 5.58. The van der Waals surface area contributed by atoms with Crippen LogP contribution in [0.25, 0.3) is 10.9 Å². The summed E-state index contributed by atoms with van der Waals surface area (Å²) in [4.78, 5) is 38.8. The monoisotopic (exact) mass is 394 g/mol. The molecule has 1 aromatic heterocycles. The molecule has 2 aromatic carbocycles. The van der Waals surface area contributed by atoms with E-state index in [2.05, 4.69) is 15.6 Å². The number of hydrogen-bond acceptors (Lipinski definition) is 4. The summed E-state index contributed by atoms with van der Waals surface area (Å²) in [5, 5.41) is 5.86. The van der Waals surface area contributed by atoms with Gasteiger partial charge < -0.3 is 26.1 Å². The van der Waals surface area contributed by atoms with Gasteiger partial charge in [0.25, 0.3) is 0 Å². The second-order valence-corrected chi connectivity index (χ2v) is 6.50. The lowest BCUT2D eigenvalue weighted by atomic mass is 10.0. The summed E-state index contributed by atoms with van der Waals surface area (Å²) in [6.45, 7) is -0.232. The highest BCUT2D eigenvalue weighted by Crippen LogP contribution is 2.19. The number of nitrogens with one attached hydrogen (secondary N) is 3. The Balaban J connectivity index is 1.49. The van der Waals surface area contributed by atoms with Crippen molar-refractivity contribution in [3.63, 3.8) is 0 Å². The molecule has 3 aromatic rings. The van der Waals surface area contributed by atoms with E-state index in [4.69, 9.17) is 10.5 Å². The maximum atomic E-state index is 12.1. The number of alkyl carbamates (subject to hydrolysis) is 1. The first-order valence-corrected chi connectivity index (χ1v) is 9.11. The smallest absolute Gasteiger partial charge is 0.407 e. The Kier molecular flexibility index (Phi) is 6.47. The molecule has 0 bridgehead atoms. The molecule has 29 heavy (non-hydrogen) atoms. The van der Waals surface area contributed by atoms with Crippen LogP contribution >= 0.6 is 0 Å². The third-order valence-electron chi connectivity index (χ3n) is 4.38. The number of H-pyrrole nitrogens is 1. The number of carbonyl (C=O) groups is 3. The Morgan fingerprint density at radius 2 is 1.76 bits per heavy atom. The van der Waals surface area contributed by atoms with Crippen LogP contribution in [0.2, 0.25) is 0 Å². The van der Waals surface area contributed by atoms with Gasteiger partial charge in [0.15, 0.2) is 0 Å². The van der Waals surface area contributed by atoms with Gasteiger partial charge in [-0.15, -0.1) is 0 Å². The van der Waals surface area contributed by atoms with E-state index in [1.54, 1.807) is 6.20 Å². The van der Waals surface area contributed by atoms with Crippen molar-refractivity contribution in [1.29, 1.82) is 0 Å². The molecule has 0 saturated heterocycles. The van der Waals surface area contributed by atoms with E-state index in [9.17, 15) is 14.4 Å². The Morgan fingerprint density at radius 3 is 2.52 bits per heavy atom. The minimum Gasteiger partial charge on any atom is -0.445 e. The summed E-state index contributed by atoms with van der Waals surface area (Å²) >= 11 is 0. The molecular weight excluding hydrogens is 372 g/mol. The average molecular weight is 394 g/mol. The number of aromatic amines is 1. The number of primary amides is 1.